The molecule has 0 spiro atoms. The van der Waals surface area contributed by atoms with E-state index in [1.54, 1.807) is 24.0 Å². The van der Waals surface area contributed by atoms with Gasteiger partial charge in [-0.25, -0.2) is 19.6 Å². The van der Waals surface area contributed by atoms with Gasteiger partial charge in [-0.2, -0.15) is 4.98 Å². The summed E-state index contributed by atoms with van der Waals surface area (Å²) in [6, 6.07) is 3.31. The van der Waals surface area contributed by atoms with Gasteiger partial charge in [0.1, 0.15) is 18.7 Å². The van der Waals surface area contributed by atoms with Crippen molar-refractivity contribution in [3.8, 4) is 0 Å². The highest BCUT2D eigenvalue weighted by atomic mass is 33.1. The highest BCUT2D eigenvalue weighted by Gasteiger charge is 2.72. The van der Waals surface area contributed by atoms with Crippen LogP contribution in [0.25, 0.3) is 11.2 Å². The molecule has 26 heteroatoms. The fourth-order valence-electron chi connectivity index (χ4n) is 8.89. The lowest BCUT2D eigenvalue weighted by Gasteiger charge is -2.39. The molecular weight excluding hydrogens is 953 g/mol. The third-order valence-corrected chi connectivity index (χ3v) is 15.3. The molecular formula is C44H54N12O12S2. The van der Waals surface area contributed by atoms with Crippen molar-refractivity contribution in [2.75, 3.05) is 42.8 Å². The lowest BCUT2D eigenvalue weighted by molar-refractivity contribution is -0.140. The number of carbonyl (C=O) groups excluding carboxylic acids is 5. The third kappa shape index (κ3) is 10.4. The second-order valence-corrected chi connectivity index (χ2v) is 20.9. The monoisotopic (exact) mass is 1010 g/mol. The van der Waals surface area contributed by atoms with E-state index in [0.717, 1.165) is 0 Å². The minimum Gasteiger partial charge on any atom is -0.480 e. The Hall–Kier alpha value is -6.61. The van der Waals surface area contributed by atoms with Gasteiger partial charge in [0.25, 0.3) is 11.5 Å². The van der Waals surface area contributed by atoms with E-state index in [-0.39, 0.29) is 94.8 Å². The van der Waals surface area contributed by atoms with Crippen molar-refractivity contribution in [2.24, 2.45) is 11.7 Å². The Kier molecular flexibility index (Phi) is 14.7. The van der Waals surface area contributed by atoms with Crippen molar-refractivity contribution in [3.05, 3.63) is 74.6 Å². The molecule has 2 aromatic heterocycles. The van der Waals surface area contributed by atoms with E-state index >= 15 is 0 Å². The van der Waals surface area contributed by atoms with E-state index in [1.165, 1.54) is 60.9 Å². The van der Waals surface area contributed by atoms with Crippen LogP contribution in [0.2, 0.25) is 0 Å². The van der Waals surface area contributed by atoms with Gasteiger partial charge in [0.2, 0.25) is 17.5 Å². The first-order chi connectivity index (χ1) is 33.0. The first-order valence-electron chi connectivity index (χ1n) is 22.0. The predicted molar refractivity (Wildman–Crippen MR) is 256 cm³/mol. The van der Waals surface area contributed by atoms with Gasteiger partial charge in [0, 0.05) is 65.6 Å². The number of aliphatic carboxylic acids is 2. The molecule has 2 amide bonds. The number of carbonyl (C=O) groups is 7. The lowest BCUT2D eigenvalue weighted by Crippen LogP contribution is -2.55. The van der Waals surface area contributed by atoms with Crippen LogP contribution in [-0.2, 0) is 40.0 Å². The van der Waals surface area contributed by atoms with Crippen LogP contribution in [0.15, 0.2) is 57.8 Å². The Morgan fingerprint density at radius 3 is 2.37 bits per heavy atom. The SMILES string of the molecule is CO[C@@]12[C@H](COC(N)=O)C3=C(C(=O)C(C)=C(NC(C)(C)CSSC[C@H](NC(C)(C)C(=O)CC[C@H](NC(=O)c4ccc(NCc5cnc6nc(N)[nH]c(=O)c6n5)cc4)C(=O)O)C(=O)O)C3=O)N1C[C@@H]1N[C@@H]12. The molecule has 2 saturated heterocycles. The zero-order valence-electron chi connectivity index (χ0n) is 39.0. The number of aromatic amines is 1. The molecule has 6 atom stereocenters. The van der Waals surface area contributed by atoms with Crippen molar-refractivity contribution >= 4 is 85.7 Å². The predicted octanol–water partition coefficient (Wildman–Crippen LogP) is 0.414. The molecule has 3 aliphatic heterocycles. The van der Waals surface area contributed by atoms with E-state index in [9.17, 15) is 48.6 Å². The normalized spacial score (nSPS) is 21.5. The van der Waals surface area contributed by atoms with Gasteiger partial charge in [-0.1, -0.05) is 21.6 Å². The summed E-state index contributed by atoms with van der Waals surface area (Å²) >= 11 is 0. The van der Waals surface area contributed by atoms with Gasteiger partial charge in [0.15, 0.2) is 22.7 Å². The van der Waals surface area contributed by atoms with Crippen molar-refractivity contribution in [1.29, 1.82) is 0 Å². The number of Topliss-reactive ketones (excluding diaryl/α,β-unsaturated/α-hetero) is 3. The number of primary amides is 1. The Bertz CT molecular complexity index is 2780. The summed E-state index contributed by atoms with van der Waals surface area (Å²) in [4.78, 5) is 120. The number of nitrogens with two attached hydrogens (primary N) is 2. The van der Waals surface area contributed by atoms with Crippen molar-refractivity contribution in [2.45, 2.75) is 95.0 Å². The number of piperazine rings is 1. The number of hydrogen-bond donors (Lipinski definition) is 10. The fourth-order valence-corrected chi connectivity index (χ4v) is 11.6. The Balaban J connectivity index is 0.881. The number of methoxy groups -OCH3 is 1. The molecule has 0 radical (unpaired) electrons. The molecule has 5 heterocycles. The second kappa shape index (κ2) is 20.0. The number of anilines is 2. The van der Waals surface area contributed by atoms with Gasteiger partial charge in [-0.05, 0) is 65.3 Å². The molecule has 0 saturated carbocycles. The van der Waals surface area contributed by atoms with Gasteiger partial charge in [0.05, 0.1) is 47.3 Å². The molecule has 24 nitrogen and oxygen atoms in total. The number of nitrogens with zero attached hydrogens (tertiary/aromatic N) is 4. The van der Waals surface area contributed by atoms with Gasteiger partial charge in [-0.15, -0.1) is 0 Å². The quantitative estimate of drug-likeness (QED) is 0.0266. The molecule has 0 unspecified atom stereocenters. The van der Waals surface area contributed by atoms with Gasteiger partial charge < -0.3 is 57.3 Å². The number of allylic oxidation sites excluding steroid dienone is 2. The molecule has 374 valence electrons. The van der Waals surface area contributed by atoms with Gasteiger partial charge in [-0.3, -0.25) is 39.1 Å². The van der Waals surface area contributed by atoms with E-state index in [4.69, 9.17) is 20.9 Å². The van der Waals surface area contributed by atoms with Crippen LogP contribution in [0.4, 0.5) is 16.4 Å². The minimum atomic E-state index is -1.44. The standard InChI is InChI=1S/C44H54N12O12S2/c1-19-29(33(59)28-23(16-68-41(46)66)44(67-6)34-25(50-34)15-56(44)31(28)32(19)58)55-42(2,3)18-70-69-17-26(39(64)65)54-43(4,5)27(57)12-11-24(38(62)63)51-36(60)20-7-9-21(10-8-20)47-13-22-14-48-35-30(49-22)37(61)53-40(45)52-35/h7-10,14,23-26,34,47,50,54-55H,11-13,15-18H2,1-6H3,(H2,46,66)(H,51,60)(H,62,63)(H,64,65)(H3,45,48,52,53,61)/t23-,24+,25+,26+,34+,44-/m1/s1. The van der Waals surface area contributed by atoms with Crippen LogP contribution in [-0.4, -0.2) is 149 Å². The molecule has 4 aliphatic rings. The first kappa shape index (κ1) is 51.2. The number of nitrogen functional groups attached to an aromatic ring is 1. The number of ether oxygens (including phenoxy) is 2. The summed E-state index contributed by atoms with van der Waals surface area (Å²) in [5.41, 5.74) is 8.94. The van der Waals surface area contributed by atoms with E-state index in [2.05, 4.69) is 46.5 Å². The van der Waals surface area contributed by atoms with Crippen molar-refractivity contribution in [1.82, 2.24) is 46.1 Å². The van der Waals surface area contributed by atoms with E-state index in [1.807, 2.05) is 13.8 Å². The Labute approximate surface area is 407 Å². The Morgan fingerprint density at radius 1 is 1.01 bits per heavy atom. The lowest BCUT2D eigenvalue weighted by atomic mass is 9.82. The number of H-pyrrole nitrogens is 1. The van der Waals surface area contributed by atoms with Gasteiger partial charge >= 0.3 is 18.0 Å². The molecule has 1 aromatic carbocycles. The number of nitrogens with one attached hydrogen (secondary N) is 6. The number of carboxylic acids is 2. The van der Waals surface area contributed by atoms with Crippen LogP contribution >= 0.6 is 21.6 Å². The molecule has 70 heavy (non-hydrogen) atoms. The number of fused-ring (bicyclic) bond motifs is 5. The highest BCUT2D eigenvalue weighted by Crippen LogP contribution is 2.55. The van der Waals surface area contributed by atoms with E-state index in [0.29, 0.717) is 23.7 Å². The minimum absolute atomic E-state index is 0.00325. The van der Waals surface area contributed by atoms with Crippen LogP contribution < -0.4 is 43.6 Å². The van der Waals surface area contributed by atoms with Crippen molar-refractivity contribution in [3.63, 3.8) is 0 Å². The number of aromatic nitrogens is 4. The Morgan fingerprint density at radius 2 is 1.71 bits per heavy atom. The zero-order chi connectivity index (χ0) is 51.0. The van der Waals surface area contributed by atoms with Crippen LogP contribution in [0.5, 0.6) is 0 Å². The molecule has 0 bridgehead atoms. The summed E-state index contributed by atoms with van der Waals surface area (Å²) in [6.45, 7) is 8.51. The number of benzene rings is 1. The largest absolute Gasteiger partial charge is 0.480 e. The van der Waals surface area contributed by atoms with Crippen molar-refractivity contribution < 1.29 is 53.2 Å². The second-order valence-electron chi connectivity index (χ2n) is 18.4. The number of hydrogen-bond acceptors (Lipinski definition) is 21. The smallest absolute Gasteiger partial charge is 0.404 e. The topological polar surface area (TPSA) is 375 Å². The zero-order valence-corrected chi connectivity index (χ0v) is 40.6. The average Bonchev–Trinajstić information content (AvgIpc) is 3.92. The maximum atomic E-state index is 14.3. The summed E-state index contributed by atoms with van der Waals surface area (Å²) < 4.78 is 11.2. The van der Waals surface area contributed by atoms with Crippen LogP contribution in [0, 0.1) is 5.92 Å². The average molecular weight is 1010 g/mol. The van der Waals surface area contributed by atoms with Crippen LogP contribution in [0.1, 0.15) is 63.5 Å². The summed E-state index contributed by atoms with van der Waals surface area (Å²) in [5, 5.41) is 35.0. The maximum Gasteiger partial charge on any atom is 0.404 e. The number of ketones is 3. The first-order valence-corrected chi connectivity index (χ1v) is 24.5. The summed E-state index contributed by atoms with van der Waals surface area (Å²) in [7, 11) is 4.00. The summed E-state index contributed by atoms with van der Waals surface area (Å²) in [5.74, 6) is -5.13. The number of rotatable bonds is 23. The summed E-state index contributed by atoms with van der Waals surface area (Å²) in [6.07, 6.45) is -0.180. The van der Waals surface area contributed by atoms with Crippen LogP contribution in [0.3, 0.4) is 0 Å². The number of amides is 2. The highest BCUT2D eigenvalue weighted by molar-refractivity contribution is 8.76. The molecule has 1 aliphatic carbocycles. The fraction of sp³-hybridized carbons (Fsp3) is 0.477. The number of carboxylic acid groups (broad SMARTS) is 2. The molecule has 3 aromatic rings. The third-order valence-electron chi connectivity index (χ3n) is 12.5. The molecule has 2 fully saturated rings. The van der Waals surface area contributed by atoms with E-state index < -0.39 is 75.9 Å². The molecule has 7 rings (SSSR count). The molecule has 12 N–H and O–H groups in total. The maximum absolute atomic E-state index is 14.3.